The topological polar surface area (TPSA) is 41.9 Å². The number of aromatic nitrogens is 3. The van der Waals surface area contributed by atoms with Crippen molar-refractivity contribution in [2.75, 3.05) is 29.5 Å². The lowest BCUT2D eigenvalue weighted by Crippen LogP contribution is -2.33. The number of hydrogen-bond donors (Lipinski definition) is 0. The van der Waals surface area contributed by atoms with Gasteiger partial charge in [-0.1, -0.05) is 0 Å². The van der Waals surface area contributed by atoms with E-state index in [4.69, 9.17) is 0 Å². The maximum atomic E-state index is 4.63. The van der Waals surface area contributed by atoms with E-state index < -0.39 is 0 Å². The second-order valence-electron chi connectivity index (χ2n) is 4.08. The number of pyridine rings is 1. The molecule has 0 amide bonds. The zero-order valence-corrected chi connectivity index (χ0v) is 10.8. The van der Waals surface area contributed by atoms with Gasteiger partial charge in [0, 0.05) is 48.7 Å². The van der Waals surface area contributed by atoms with Crippen molar-refractivity contribution in [3.63, 3.8) is 0 Å². The van der Waals surface area contributed by atoms with Crippen LogP contribution in [0.25, 0.3) is 11.3 Å². The highest BCUT2D eigenvalue weighted by Gasteiger charge is 2.14. The second-order valence-corrected chi connectivity index (χ2v) is 5.31. The molecule has 0 N–H and O–H groups in total. The first-order valence-electron chi connectivity index (χ1n) is 5.99. The molecule has 4 nitrogen and oxygen atoms in total. The van der Waals surface area contributed by atoms with Gasteiger partial charge in [0.05, 0.1) is 5.69 Å². The van der Waals surface area contributed by atoms with Gasteiger partial charge in [0.1, 0.15) is 0 Å². The molecule has 0 unspecified atom stereocenters. The summed E-state index contributed by atoms with van der Waals surface area (Å²) >= 11 is 1.99. The van der Waals surface area contributed by atoms with Gasteiger partial charge in [-0.3, -0.25) is 4.98 Å². The summed E-state index contributed by atoms with van der Waals surface area (Å²) in [5.41, 5.74) is 1.97. The third kappa shape index (κ3) is 2.46. The van der Waals surface area contributed by atoms with Crippen LogP contribution in [0.4, 0.5) is 5.95 Å². The SMILES string of the molecule is c1cncc(-c2ccnc(N3CCSCC3)n2)c1. The highest BCUT2D eigenvalue weighted by molar-refractivity contribution is 7.99. The van der Waals surface area contributed by atoms with Gasteiger partial charge < -0.3 is 4.90 Å². The largest absolute Gasteiger partial charge is 0.339 e. The van der Waals surface area contributed by atoms with Crippen LogP contribution in [0.15, 0.2) is 36.8 Å². The molecule has 5 heteroatoms. The van der Waals surface area contributed by atoms with E-state index in [-0.39, 0.29) is 0 Å². The first kappa shape index (κ1) is 11.5. The van der Waals surface area contributed by atoms with Crippen LogP contribution in [0, 0.1) is 0 Å². The molecule has 0 radical (unpaired) electrons. The van der Waals surface area contributed by atoms with Crippen molar-refractivity contribution in [3.8, 4) is 11.3 Å². The molecule has 18 heavy (non-hydrogen) atoms. The monoisotopic (exact) mass is 258 g/mol. The Morgan fingerprint density at radius 1 is 1.11 bits per heavy atom. The Labute approximate surface area is 110 Å². The van der Waals surface area contributed by atoms with Crippen LogP contribution in [0.3, 0.4) is 0 Å². The van der Waals surface area contributed by atoms with E-state index in [1.165, 1.54) is 0 Å². The first-order chi connectivity index (χ1) is 8.93. The normalized spacial score (nSPS) is 15.7. The van der Waals surface area contributed by atoms with Crippen LogP contribution in [0.1, 0.15) is 0 Å². The molecule has 1 aliphatic heterocycles. The minimum atomic E-state index is 0.830. The standard InChI is InChI=1S/C13H14N4S/c1-2-11(10-14-4-1)12-3-5-15-13(16-12)17-6-8-18-9-7-17/h1-5,10H,6-9H2. The van der Waals surface area contributed by atoms with Gasteiger partial charge in [0.15, 0.2) is 0 Å². The molecule has 3 heterocycles. The van der Waals surface area contributed by atoms with E-state index in [0.29, 0.717) is 0 Å². The lowest BCUT2D eigenvalue weighted by atomic mass is 10.2. The third-order valence-electron chi connectivity index (χ3n) is 2.89. The number of rotatable bonds is 2. The van der Waals surface area contributed by atoms with Gasteiger partial charge in [-0.15, -0.1) is 0 Å². The zero-order chi connectivity index (χ0) is 12.2. The van der Waals surface area contributed by atoms with E-state index in [1.807, 2.05) is 42.4 Å². The van der Waals surface area contributed by atoms with Crippen molar-refractivity contribution in [2.24, 2.45) is 0 Å². The molecule has 0 saturated carbocycles. The van der Waals surface area contributed by atoms with Crippen LogP contribution >= 0.6 is 11.8 Å². The molecule has 3 rings (SSSR count). The average molecular weight is 258 g/mol. The molecule has 92 valence electrons. The van der Waals surface area contributed by atoms with Crippen molar-refractivity contribution in [3.05, 3.63) is 36.8 Å². The molecule has 0 aromatic carbocycles. The zero-order valence-electron chi connectivity index (χ0n) is 9.99. The fourth-order valence-corrected chi connectivity index (χ4v) is 2.84. The van der Waals surface area contributed by atoms with Gasteiger partial charge in [-0.25, -0.2) is 9.97 Å². The summed E-state index contributed by atoms with van der Waals surface area (Å²) < 4.78 is 0. The van der Waals surface area contributed by atoms with Crippen LogP contribution in [0.5, 0.6) is 0 Å². The molecule has 1 saturated heterocycles. The molecule has 2 aromatic heterocycles. The summed E-state index contributed by atoms with van der Waals surface area (Å²) in [6.07, 6.45) is 5.43. The van der Waals surface area contributed by atoms with Crippen LogP contribution < -0.4 is 4.90 Å². The molecular formula is C13H14N4S. The van der Waals surface area contributed by atoms with Gasteiger partial charge in [-0.05, 0) is 18.2 Å². The van der Waals surface area contributed by atoms with E-state index in [9.17, 15) is 0 Å². The minimum absolute atomic E-state index is 0.830. The van der Waals surface area contributed by atoms with Crippen LogP contribution in [-0.4, -0.2) is 39.5 Å². The van der Waals surface area contributed by atoms with Crippen molar-refractivity contribution >= 4 is 17.7 Å². The van der Waals surface area contributed by atoms with Crippen molar-refractivity contribution in [1.29, 1.82) is 0 Å². The Bertz CT molecular complexity index is 511. The maximum absolute atomic E-state index is 4.63. The quantitative estimate of drug-likeness (QED) is 0.825. The Balaban J connectivity index is 1.89. The van der Waals surface area contributed by atoms with Crippen LogP contribution in [-0.2, 0) is 0 Å². The van der Waals surface area contributed by atoms with E-state index >= 15 is 0 Å². The average Bonchev–Trinajstić information content (AvgIpc) is 2.49. The minimum Gasteiger partial charge on any atom is -0.339 e. The number of nitrogens with zero attached hydrogens (tertiary/aromatic N) is 4. The fourth-order valence-electron chi connectivity index (χ4n) is 1.94. The maximum Gasteiger partial charge on any atom is 0.225 e. The summed E-state index contributed by atoms with van der Waals surface area (Å²) in [7, 11) is 0. The molecule has 1 fully saturated rings. The van der Waals surface area contributed by atoms with Crippen LogP contribution in [0.2, 0.25) is 0 Å². The lowest BCUT2D eigenvalue weighted by Gasteiger charge is -2.26. The number of thioether (sulfide) groups is 1. The fraction of sp³-hybridized carbons (Fsp3) is 0.308. The van der Waals surface area contributed by atoms with E-state index in [2.05, 4.69) is 19.9 Å². The van der Waals surface area contributed by atoms with Gasteiger partial charge in [0.2, 0.25) is 5.95 Å². The summed E-state index contributed by atoms with van der Waals surface area (Å²) in [6, 6.07) is 5.87. The summed E-state index contributed by atoms with van der Waals surface area (Å²) in [6.45, 7) is 2.06. The predicted molar refractivity (Wildman–Crippen MR) is 74.8 cm³/mol. The summed E-state index contributed by atoms with van der Waals surface area (Å²) in [4.78, 5) is 15.4. The molecule has 0 atom stereocenters. The second kappa shape index (κ2) is 5.35. The van der Waals surface area contributed by atoms with Gasteiger partial charge >= 0.3 is 0 Å². The lowest BCUT2D eigenvalue weighted by molar-refractivity contribution is 0.816. The molecule has 1 aliphatic rings. The van der Waals surface area contributed by atoms with Crippen molar-refractivity contribution in [1.82, 2.24) is 15.0 Å². The molecule has 2 aromatic rings. The highest BCUT2D eigenvalue weighted by Crippen LogP contribution is 2.19. The van der Waals surface area contributed by atoms with E-state index in [0.717, 1.165) is 41.8 Å². The summed E-state index contributed by atoms with van der Waals surface area (Å²) in [5.74, 6) is 3.14. The van der Waals surface area contributed by atoms with Crippen molar-refractivity contribution < 1.29 is 0 Å². The third-order valence-corrected chi connectivity index (χ3v) is 3.84. The molecule has 0 bridgehead atoms. The molecule has 0 spiro atoms. The number of anilines is 1. The Morgan fingerprint density at radius 3 is 2.78 bits per heavy atom. The first-order valence-corrected chi connectivity index (χ1v) is 7.15. The molecule has 0 aliphatic carbocycles. The van der Waals surface area contributed by atoms with Crippen molar-refractivity contribution in [2.45, 2.75) is 0 Å². The predicted octanol–water partition coefficient (Wildman–Crippen LogP) is 2.09. The number of hydrogen-bond acceptors (Lipinski definition) is 5. The van der Waals surface area contributed by atoms with Gasteiger partial charge in [-0.2, -0.15) is 11.8 Å². The highest BCUT2D eigenvalue weighted by atomic mass is 32.2. The molecular weight excluding hydrogens is 244 g/mol. The summed E-state index contributed by atoms with van der Waals surface area (Å²) in [5, 5.41) is 0. The van der Waals surface area contributed by atoms with E-state index in [1.54, 1.807) is 6.20 Å². The smallest absolute Gasteiger partial charge is 0.225 e. The Morgan fingerprint density at radius 2 is 2.00 bits per heavy atom. The van der Waals surface area contributed by atoms with Gasteiger partial charge in [0.25, 0.3) is 0 Å². The Hall–Kier alpha value is -1.62. The Kier molecular flexibility index (Phi) is 3.41.